The summed E-state index contributed by atoms with van der Waals surface area (Å²) in [5, 5.41) is 7.25. The van der Waals surface area contributed by atoms with Gasteiger partial charge >= 0.3 is 0 Å². The van der Waals surface area contributed by atoms with Gasteiger partial charge in [0.1, 0.15) is 0 Å². The van der Waals surface area contributed by atoms with Crippen LogP contribution in [0.25, 0.3) is 0 Å². The summed E-state index contributed by atoms with van der Waals surface area (Å²) in [4.78, 5) is 28.7. The molecule has 1 aromatic heterocycles. The molecule has 0 unspecified atom stereocenters. The molecule has 6 nitrogen and oxygen atoms in total. The van der Waals surface area contributed by atoms with E-state index in [4.69, 9.17) is 0 Å². The lowest BCUT2D eigenvalue weighted by molar-refractivity contribution is -0.131. The van der Waals surface area contributed by atoms with E-state index in [0.717, 1.165) is 30.2 Å². The lowest BCUT2D eigenvalue weighted by Gasteiger charge is -2.36. The van der Waals surface area contributed by atoms with Crippen molar-refractivity contribution in [2.75, 3.05) is 31.1 Å². The van der Waals surface area contributed by atoms with Gasteiger partial charge in [-0.25, -0.2) is 0 Å². The normalized spacial score (nSPS) is 14.6. The Morgan fingerprint density at radius 3 is 2.32 bits per heavy atom. The van der Waals surface area contributed by atoms with Gasteiger partial charge in [0, 0.05) is 44.6 Å². The van der Waals surface area contributed by atoms with Crippen LogP contribution in [0.5, 0.6) is 0 Å². The summed E-state index contributed by atoms with van der Waals surface area (Å²) < 4.78 is 0. The summed E-state index contributed by atoms with van der Waals surface area (Å²) in [7, 11) is 0. The third-order valence-electron chi connectivity index (χ3n) is 4.70. The van der Waals surface area contributed by atoms with E-state index in [1.54, 1.807) is 12.1 Å². The molecule has 0 radical (unpaired) electrons. The summed E-state index contributed by atoms with van der Waals surface area (Å²) in [5.74, 6) is 0.0850. The average Bonchev–Trinajstić information content (AvgIpc) is 2.98. The van der Waals surface area contributed by atoms with Crippen molar-refractivity contribution in [3.63, 3.8) is 0 Å². The Hall–Kier alpha value is -2.63. The predicted molar refractivity (Wildman–Crippen MR) is 96.9 cm³/mol. The lowest BCUT2D eigenvalue weighted by atomic mass is 10.1. The summed E-state index contributed by atoms with van der Waals surface area (Å²) in [6.07, 6.45) is 0.542. The van der Waals surface area contributed by atoms with Crippen molar-refractivity contribution >= 4 is 17.4 Å². The summed E-state index contributed by atoms with van der Waals surface area (Å²) in [6, 6.07) is 9.15. The SMILES string of the molecule is Cc1n[nH]c(C)c1N1CCN(C(=O)CCC(=O)c2ccccc2)CC1. The molecule has 1 fully saturated rings. The van der Waals surface area contributed by atoms with E-state index in [0.29, 0.717) is 18.7 Å². The number of rotatable bonds is 5. The number of Topliss-reactive ketones (excluding diaryl/α,β-unsaturated/α-hetero) is 1. The molecule has 0 saturated carbocycles. The van der Waals surface area contributed by atoms with Crippen LogP contribution in [0.4, 0.5) is 5.69 Å². The second-order valence-electron chi connectivity index (χ2n) is 6.44. The van der Waals surface area contributed by atoms with E-state index in [9.17, 15) is 9.59 Å². The van der Waals surface area contributed by atoms with Crippen LogP contribution in [0.3, 0.4) is 0 Å². The number of aryl methyl sites for hydroxylation is 2. The van der Waals surface area contributed by atoms with Gasteiger partial charge in [0.05, 0.1) is 17.1 Å². The first kappa shape index (κ1) is 17.2. The maximum atomic E-state index is 12.4. The standard InChI is InChI=1S/C19H24N4O2/c1-14-19(15(2)21-20-14)23-12-10-22(11-13-23)18(25)9-8-17(24)16-6-4-3-5-7-16/h3-7H,8-13H2,1-2H3,(H,20,21). The number of carbonyl (C=O) groups excluding carboxylic acids is 2. The molecule has 2 heterocycles. The van der Waals surface area contributed by atoms with E-state index in [-0.39, 0.29) is 24.5 Å². The highest BCUT2D eigenvalue weighted by atomic mass is 16.2. The van der Waals surface area contributed by atoms with Crippen LogP contribution in [0.2, 0.25) is 0 Å². The number of aromatic amines is 1. The minimum absolute atomic E-state index is 0.0252. The van der Waals surface area contributed by atoms with Crippen molar-refractivity contribution in [1.29, 1.82) is 0 Å². The Kier molecular flexibility index (Phi) is 5.16. The van der Waals surface area contributed by atoms with Crippen LogP contribution in [0.1, 0.15) is 34.6 Å². The van der Waals surface area contributed by atoms with Crippen molar-refractivity contribution in [2.45, 2.75) is 26.7 Å². The first-order valence-corrected chi connectivity index (χ1v) is 8.69. The molecule has 1 aliphatic rings. The monoisotopic (exact) mass is 340 g/mol. The van der Waals surface area contributed by atoms with Crippen LogP contribution >= 0.6 is 0 Å². The van der Waals surface area contributed by atoms with E-state index in [1.165, 1.54) is 0 Å². The third kappa shape index (κ3) is 3.90. The number of ketones is 1. The van der Waals surface area contributed by atoms with Crippen LogP contribution < -0.4 is 4.90 Å². The number of hydrogen-bond acceptors (Lipinski definition) is 4. The predicted octanol–water partition coefficient (Wildman–Crippen LogP) is 2.34. The molecule has 1 saturated heterocycles. The summed E-state index contributed by atoms with van der Waals surface area (Å²) in [6.45, 7) is 6.96. The van der Waals surface area contributed by atoms with Gasteiger partial charge in [-0.1, -0.05) is 30.3 Å². The molecular weight excluding hydrogens is 316 g/mol. The highest BCUT2D eigenvalue weighted by molar-refractivity contribution is 5.97. The third-order valence-corrected chi connectivity index (χ3v) is 4.70. The first-order chi connectivity index (χ1) is 12.1. The molecule has 0 aliphatic carbocycles. The zero-order valence-corrected chi connectivity index (χ0v) is 14.8. The molecule has 0 atom stereocenters. The van der Waals surface area contributed by atoms with Crippen molar-refractivity contribution in [1.82, 2.24) is 15.1 Å². The van der Waals surface area contributed by atoms with Crippen LogP contribution in [0.15, 0.2) is 30.3 Å². The van der Waals surface area contributed by atoms with Gasteiger partial charge in [0.15, 0.2) is 5.78 Å². The molecule has 3 rings (SSSR count). The lowest BCUT2D eigenvalue weighted by Crippen LogP contribution is -2.49. The molecule has 0 bridgehead atoms. The Morgan fingerprint density at radius 2 is 1.72 bits per heavy atom. The maximum absolute atomic E-state index is 12.4. The number of H-pyrrole nitrogens is 1. The Labute approximate surface area is 147 Å². The fourth-order valence-corrected chi connectivity index (χ4v) is 3.34. The zero-order chi connectivity index (χ0) is 17.8. The number of nitrogens with one attached hydrogen (secondary N) is 1. The van der Waals surface area contributed by atoms with Gasteiger partial charge in [0.2, 0.25) is 5.91 Å². The minimum Gasteiger partial charge on any atom is -0.365 e. The van der Waals surface area contributed by atoms with Gasteiger partial charge in [-0.15, -0.1) is 0 Å². The Bertz CT molecular complexity index is 727. The zero-order valence-electron chi connectivity index (χ0n) is 14.8. The fraction of sp³-hybridized carbons (Fsp3) is 0.421. The first-order valence-electron chi connectivity index (χ1n) is 8.69. The number of nitrogens with zero attached hydrogens (tertiary/aromatic N) is 3. The largest absolute Gasteiger partial charge is 0.365 e. The number of hydrogen-bond donors (Lipinski definition) is 1. The van der Waals surface area contributed by atoms with E-state index in [2.05, 4.69) is 15.1 Å². The Balaban J connectivity index is 1.49. The second kappa shape index (κ2) is 7.51. The number of carbonyl (C=O) groups is 2. The molecule has 1 amide bonds. The molecule has 1 aromatic carbocycles. The van der Waals surface area contributed by atoms with Crippen molar-refractivity contribution in [3.05, 3.63) is 47.3 Å². The van der Waals surface area contributed by atoms with Gasteiger partial charge in [-0.2, -0.15) is 5.10 Å². The van der Waals surface area contributed by atoms with Gasteiger partial charge in [-0.3, -0.25) is 14.7 Å². The maximum Gasteiger partial charge on any atom is 0.223 e. The smallest absolute Gasteiger partial charge is 0.223 e. The summed E-state index contributed by atoms with van der Waals surface area (Å²) in [5.41, 5.74) is 3.87. The molecule has 2 aromatic rings. The molecule has 25 heavy (non-hydrogen) atoms. The second-order valence-corrected chi connectivity index (χ2v) is 6.44. The van der Waals surface area contributed by atoms with Gasteiger partial charge < -0.3 is 9.80 Å². The minimum atomic E-state index is 0.0252. The number of piperazine rings is 1. The van der Waals surface area contributed by atoms with E-state index in [1.807, 2.05) is 36.9 Å². The van der Waals surface area contributed by atoms with Crippen LogP contribution in [0, 0.1) is 13.8 Å². The summed E-state index contributed by atoms with van der Waals surface area (Å²) >= 11 is 0. The number of aromatic nitrogens is 2. The molecule has 6 heteroatoms. The highest BCUT2D eigenvalue weighted by Gasteiger charge is 2.24. The molecule has 1 N–H and O–H groups in total. The molecule has 1 aliphatic heterocycles. The number of anilines is 1. The van der Waals surface area contributed by atoms with E-state index >= 15 is 0 Å². The molecule has 0 spiro atoms. The quantitative estimate of drug-likeness (QED) is 0.848. The average molecular weight is 340 g/mol. The number of benzene rings is 1. The molecule has 132 valence electrons. The van der Waals surface area contributed by atoms with Crippen molar-refractivity contribution < 1.29 is 9.59 Å². The van der Waals surface area contributed by atoms with Gasteiger partial charge in [0.25, 0.3) is 0 Å². The van der Waals surface area contributed by atoms with Crippen molar-refractivity contribution in [3.8, 4) is 0 Å². The van der Waals surface area contributed by atoms with E-state index < -0.39 is 0 Å². The number of amides is 1. The van der Waals surface area contributed by atoms with Crippen molar-refractivity contribution in [2.24, 2.45) is 0 Å². The van der Waals surface area contributed by atoms with Crippen LogP contribution in [-0.4, -0.2) is 53.0 Å². The topological polar surface area (TPSA) is 69.3 Å². The fourth-order valence-electron chi connectivity index (χ4n) is 3.34. The van der Waals surface area contributed by atoms with Crippen LogP contribution in [-0.2, 0) is 4.79 Å². The Morgan fingerprint density at radius 1 is 1.04 bits per heavy atom. The molecular formula is C19H24N4O2. The van der Waals surface area contributed by atoms with Gasteiger partial charge in [-0.05, 0) is 13.8 Å². The highest BCUT2D eigenvalue weighted by Crippen LogP contribution is 2.23.